The van der Waals surface area contributed by atoms with E-state index in [9.17, 15) is 4.79 Å². The predicted molar refractivity (Wildman–Crippen MR) is 95.6 cm³/mol. The highest BCUT2D eigenvalue weighted by atomic mass is 16.2. The number of piperidine rings is 1. The normalized spacial score (nSPS) is 18.6. The lowest BCUT2D eigenvalue weighted by Crippen LogP contribution is -2.39. The fraction of sp³-hybridized carbons (Fsp3) is 0.500. The van der Waals surface area contributed by atoms with Crippen LogP contribution in [0.1, 0.15) is 63.1 Å². The van der Waals surface area contributed by atoms with Crippen molar-refractivity contribution in [2.75, 3.05) is 6.54 Å². The molecule has 1 N–H and O–H groups in total. The highest BCUT2D eigenvalue weighted by molar-refractivity contribution is 5.77. The van der Waals surface area contributed by atoms with Gasteiger partial charge in [0.1, 0.15) is 0 Å². The summed E-state index contributed by atoms with van der Waals surface area (Å²) in [6.45, 7) is 5.30. The molecular weight excluding hydrogens is 298 g/mol. The number of amides is 1. The Morgan fingerprint density at radius 1 is 1.29 bits per heavy atom. The summed E-state index contributed by atoms with van der Waals surface area (Å²) in [4.78, 5) is 14.9. The number of carbonyl (C=O) groups excluding carboxylic acids is 1. The van der Waals surface area contributed by atoms with Gasteiger partial charge in [-0.2, -0.15) is 5.10 Å². The Balaban J connectivity index is 1.65. The summed E-state index contributed by atoms with van der Waals surface area (Å²) in [5.74, 6) is 0.268. The average molecular weight is 325 g/mol. The highest BCUT2D eigenvalue weighted by Gasteiger charge is 2.30. The fourth-order valence-corrected chi connectivity index (χ4v) is 3.62. The van der Waals surface area contributed by atoms with Crippen molar-refractivity contribution < 1.29 is 4.79 Å². The van der Waals surface area contributed by atoms with E-state index in [-0.39, 0.29) is 17.4 Å². The van der Waals surface area contributed by atoms with Crippen molar-refractivity contribution in [2.24, 2.45) is 0 Å². The SMILES string of the molecule is CC(C)(CCC(=O)N1CCCC[C@@H]1c1cn[nH]c1)c1ccccc1. The number of H-pyrrole nitrogens is 1. The minimum Gasteiger partial charge on any atom is -0.336 e. The highest BCUT2D eigenvalue weighted by Crippen LogP contribution is 2.33. The Bertz CT molecular complexity index is 649. The van der Waals surface area contributed by atoms with Crippen LogP contribution in [0.4, 0.5) is 0 Å². The molecule has 1 amide bonds. The summed E-state index contributed by atoms with van der Waals surface area (Å²) in [5, 5.41) is 6.93. The zero-order chi connectivity index (χ0) is 17.0. The van der Waals surface area contributed by atoms with Gasteiger partial charge in [-0.25, -0.2) is 0 Å². The second-order valence-corrected chi connectivity index (χ2v) is 7.38. The van der Waals surface area contributed by atoms with Gasteiger partial charge in [-0.15, -0.1) is 0 Å². The zero-order valence-corrected chi connectivity index (χ0v) is 14.7. The van der Waals surface area contributed by atoms with Gasteiger partial charge in [0.25, 0.3) is 0 Å². The van der Waals surface area contributed by atoms with Crippen LogP contribution in [-0.2, 0) is 10.2 Å². The number of carbonyl (C=O) groups is 1. The van der Waals surface area contributed by atoms with Crippen LogP contribution in [0.15, 0.2) is 42.7 Å². The molecule has 4 nitrogen and oxygen atoms in total. The first-order valence-corrected chi connectivity index (χ1v) is 8.91. The van der Waals surface area contributed by atoms with Crippen LogP contribution in [0.5, 0.6) is 0 Å². The Morgan fingerprint density at radius 2 is 2.08 bits per heavy atom. The summed E-state index contributed by atoms with van der Waals surface area (Å²) in [6, 6.07) is 10.7. The molecule has 2 aromatic rings. The molecule has 128 valence electrons. The van der Waals surface area contributed by atoms with Crippen molar-refractivity contribution >= 4 is 5.91 Å². The maximum atomic E-state index is 12.9. The largest absolute Gasteiger partial charge is 0.336 e. The summed E-state index contributed by atoms with van der Waals surface area (Å²) >= 11 is 0. The number of rotatable bonds is 5. The molecule has 0 aliphatic carbocycles. The van der Waals surface area contributed by atoms with Gasteiger partial charge in [-0.05, 0) is 36.7 Å². The zero-order valence-electron chi connectivity index (χ0n) is 14.7. The molecular formula is C20H27N3O. The first-order valence-electron chi connectivity index (χ1n) is 8.91. The standard InChI is InChI=1S/C20H27N3O/c1-20(2,17-8-4-3-5-9-17)12-11-19(24)23-13-7-6-10-18(23)16-14-21-22-15-16/h3-5,8-9,14-15,18H,6-7,10-13H2,1-2H3,(H,21,22)/t18-/m1/s1. The van der Waals surface area contributed by atoms with E-state index in [2.05, 4.69) is 53.2 Å². The van der Waals surface area contributed by atoms with Gasteiger partial charge in [0.2, 0.25) is 5.91 Å². The molecule has 1 saturated heterocycles. The first-order chi connectivity index (χ1) is 11.6. The van der Waals surface area contributed by atoms with Crippen LogP contribution in [0.25, 0.3) is 0 Å². The lowest BCUT2D eigenvalue weighted by Gasteiger charge is -2.36. The van der Waals surface area contributed by atoms with Crippen molar-refractivity contribution in [1.29, 1.82) is 0 Å². The second-order valence-electron chi connectivity index (χ2n) is 7.38. The van der Waals surface area contributed by atoms with E-state index in [0.29, 0.717) is 6.42 Å². The molecule has 0 bridgehead atoms. The van der Waals surface area contributed by atoms with Crippen molar-refractivity contribution in [3.8, 4) is 0 Å². The van der Waals surface area contributed by atoms with Crippen LogP contribution < -0.4 is 0 Å². The quantitative estimate of drug-likeness (QED) is 0.894. The van der Waals surface area contributed by atoms with Crippen molar-refractivity contribution in [1.82, 2.24) is 15.1 Å². The molecule has 1 fully saturated rings. The molecule has 0 unspecified atom stereocenters. The topological polar surface area (TPSA) is 49.0 Å². The van der Waals surface area contributed by atoms with Crippen LogP contribution in [0.3, 0.4) is 0 Å². The number of nitrogens with one attached hydrogen (secondary N) is 1. The number of hydrogen-bond acceptors (Lipinski definition) is 2. The molecule has 0 saturated carbocycles. The number of benzene rings is 1. The molecule has 1 aromatic heterocycles. The molecule has 24 heavy (non-hydrogen) atoms. The smallest absolute Gasteiger partial charge is 0.223 e. The van der Waals surface area contributed by atoms with Crippen molar-refractivity contribution in [2.45, 2.75) is 57.4 Å². The van der Waals surface area contributed by atoms with Crippen LogP contribution in [0, 0.1) is 0 Å². The third-order valence-corrected chi connectivity index (χ3v) is 5.25. The lowest BCUT2D eigenvalue weighted by atomic mass is 9.80. The van der Waals surface area contributed by atoms with E-state index in [1.54, 1.807) is 0 Å². The maximum Gasteiger partial charge on any atom is 0.223 e. The average Bonchev–Trinajstić information content (AvgIpc) is 3.15. The first kappa shape index (κ1) is 16.7. The lowest BCUT2D eigenvalue weighted by molar-refractivity contribution is -0.135. The van der Waals surface area contributed by atoms with E-state index in [1.807, 2.05) is 18.5 Å². The number of nitrogens with zero attached hydrogens (tertiary/aromatic N) is 2. The number of aromatic amines is 1. The molecule has 1 aliphatic heterocycles. The van der Waals surface area contributed by atoms with Crippen molar-refractivity contribution in [3.63, 3.8) is 0 Å². The summed E-state index contributed by atoms with van der Waals surface area (Å²) in [7, 11) is 0. The minimum atomic E-state index is 0.0117. The van der Waals surface area contributed by atoms with Gasteiger partial charge in [-0.1, -0.05) is 44.2 Å². The van der Waals surface area contributed by atoms with Crippen LogP contribution in [0.2, 0.25) is 0 Å². The molecule has 1 atom stereocenters. The third kappa shape index (κ3) is 3.69. The van der Waals surface area contributed by atoms with Gasteiger partial charge < -0.3 is 4.90 Å². The summed E-state index contributed by atoms with van der Waals surface area (Å²) in [6.07, 6.45) is 8.54. The van der Waals surface area contributed by atoms with Crippen molar-refractivity contribution in [3.05, 3.63) is 53.9 Å². The van der Waals surface area contributed by atoms with E-state index in [0.717, 1.165) is 31.4 Å². The number of aromatic nitrogens is 2. The Morgan fingerprint density at radius 3 is 2.79 bits per heavy atom. The van der Waals surface area contributed by atoms with Crippen LogP contribution >= 0.6 is 0 Å². The molecule has 1 aliphatic rings. The number of likely N-dealkylation sites (tertiary alicyclic amines) is 1. The van der Waals surface area contributed by atoms with Gasteiger partial charge in [0, 0.05) is 24.7 Å². The van der Waals surface area contributed by atoms with Gasteiger partial charge in [0.15, 0.2) is 0 Å². The van der Waals surface area contributed by atoms with Gasteiger partial charge >= 0.3 is 0 Å². The Kier molecular flexibility index (Phi) is 5.03. The van der Waals surface area contributed by atoms with Gasteiger partial charge in [0.05, 0.1) is 12.2 Å². The van der Waals surface area contributed by atoms with Crippen LogP contribution in [-0.4, -0.2) is 27.5 Å². The van der Waals surface area contributed by atoms with E-state index >= 15 is 0 Å². The summed E-state index contributed by atoms with van der Waals surface area (Å²) in [5.41, 5.74) is 2.44. The second kappa shape index (κ2) is 7.20. The Labute approximate surface area is 144 Å². The molecule has 0 radical (unpaired) electrons. The predicted octanol–water partition coefficient (Wildman–Crippen LogP) is 4.22. The molecule has 1 aromatic carbocycles. The maximum absolute atomic E-state index is 12.9. The molecule has 2 heterocycles. The minimum absolute atomic E-state index is 0.0117. The Hall–Kier alpha value is -2.10. The fourth-order valence-electron chi connectivity index (χ4n) is 3.62. The van der Waals surface area contributed by atoms with E-state index < -0.39 is 0 Å². The third-order valence-electron chi connectivity index (χ3n) is 5.25. The molecule has 4 heteroatoms. The van der Waals surface area contributed by atoms with Gasteiger partial charge in [-0.3, -0.25) is 9.89 Å². The number of hydrogen-bond donors (Lipinski definition) is 1. The molecule has 0 spiro atoms. The van der Waals surface area contributed by atoms with E-state index in [4.69, 9.17) is 0 Å². The van der Waals surface area contributed by atoms with E-state index in [1.165, 1.54) is 12.0 Å². The monoisotopic (exact) mass is 325 g/mol. The summed E-state index contributed by atoms with van der Waals surface area (Å²) < 4.78 is 0. The molecule has 3 rings (SSSR count).